The zero-order valence-electron chi connectivity index (χ0n) is 11.1. The SMILES string of the molecule is COc1ccc(Cl)cc1C(=O)NCc1ccc(C(=O)O)o1. The van der Waals surface area contributed by atoms with Crippen molar-refractivity contribution in [2.75, 3.05) is 7.11 Å². The number of hydrogen-bond donors (Lipinski definition) is 2. The predicted octanol–water partition coefficient (Wildman–Crippen LogP) is 2.57. The molecule has 0 radical (unpaired) electrons. The number of rotatable bonds is 5. The first-order valence-corrected chi connectivity index (χ1v) is 6.33. The molecule has 1 aromatic heterocycles. The Kier molecular flexibility index (Phi) is 4.49. The second-order valence-electron chi connectivity index (χ2n) is 4.10. The molecule has 21 heavy (non-hydrogen) atoms. The van der Waals surface area contributed by atoms with E-state index in [4.69, 9.17) is 25.9 Å². The van der Waals surface area contributed by atoms with Crippen molar-refractivity contribution in [2.24, 2.45) is 0 Å². The van der Waals surface area contributed by atoms with Crippen molar-refractivity contribution in [3.8, 4) is 5.75 Å². The molecule has 2 aromatic rings. The van der Waals surface area contributed by atoms with Gasteiger partial charge in [-0.15, -0.1) is 0 Å². The maximum absolute atomic E-state index is 12.1. The molecule has 0 saturated heterocycles. The van der Waals surface area contributed by atoms with Crippen LogP contribution < -0.4 is 10.1 Å². The van der Waals surface area contributed by atoms with E-state index in [9.17, 15) is 9.59 Å². The van der Waals surface area contributed by atoms with E-state index in [1.54, 1.807) is 12.1 Å². The van der Waals surface area contributed by atoms with Gasteiger partial charge in [0.1, 0.15) is 11.5 Å². The minimum Gasteiger partial charge on any atom is -0.496 e. The average molecular weight is 310 g/mol. The first-order chi connectivity index (χ1) is 10.0. The van der Waals surface area contributed by atoms with Gasteiger partial charge in [-0.1, -0.05) is 11.6 Å². The zero-order valence-corrected chi connectivity index (χ0v) is 11.8. The van der Waals surface area contributed by atoms with E-state index >= 15 is 0 Å². The number of amides is 1. The van der Waals surface area contributed by atoms with Crippen molar-refractivity contribution in [1.29, 1.82) is 0 Å². The van der Waals surface area contributed by atoms with Crippen LogP contribution in [-0.2, 0) is 6.54 Å². The first kappa shape index (κ1) is 14.9. The van der Waals surface area contributed by atoms with Gasteiger partial charge in [-0.25, -0.2) is 4.79 Å². The van der Waals surface area contributed by atoms with E-state index in [0.29, 0.717) is 16.5 Å². The van der Waals surface area contributed by atoms with E-state index in [1.165, 1.54) is 25.3 Å². The molecular weight excluding hydrogens is 298 g/mol. The molecule has 0 saturated carbocycles. The number of carbonyl (C=O) groups is 2. The highest BCUT2D eigenvalue weighted by molar-refractivity contribution is 6.31. The molecule has 2 N–H and O–H groups in total. The summed E-state index contributed by atoms with van der Waals surface area (Å²) in [6.07, 6.45) is 0. The van der Waals surface area contributed by atoms with Crippen molar-refractivity contribution in [1.82, 2.24) is 5.32 Å². The Morgan fingerprint density at radius 2 is 2.10 bits per heavy atom. The van der Waals surface area contributed by atoms with E-state index in [1.807, 2.05) is 0 Å². The molecule has 0 bridgehead atoms. The lowest BCUT2D eigenvalue weighted by Gasteiger charge is -2.08. The fourth-order valence-corrected chi connectivity index (χ4v) is 1.88. The third-order valence-electron chi connectivity index (χ3n) is 2.70. The molecule has 0 atom stereocenters. The van der Waals surface area contributed by atoms with Crippen molar-refractivity contribution in [3.63, 3.8) is 0 Å². The molecule has 0 unspecified atom stereocenters. The summed E-state index contributed by atoms with van der Waals surface area (Å²) in [5.41, 5.74) is 0.287. The summed E-state index contributed by atoms with van der Waals surface area (Å²) >= 11 is 5.85. The fourth-order valence-electron chi connectivity index (χ4n) is 1.71. The number of furan rings is 1. The van der Waals surface area contributed by atoms with Crippen molar-refractivity contribution < 1.29 is 23.8 Å². The summed E-state index contributed by atoms with van der Waals surface area (Å²) in [4.78, 5) is 22.8. The van der Waals surface area contributed by atoms with Gasteiger partial charge in [0.05, 0.1) is 19.2 Å². The Morgan fingerprint density at radius 3 is 2.71 bits per heavy atom. The number of halogens is 1. The highest BCUT2D eigenvalue weighted by atomic mass is 35.5. The smallest absolute Gasteiger partial charge is 0.371 e. The quantitative estimate of drug-likeness (QED) is 0.886. The number of carboxylic acids is 1. The Morgan fingerprint density at radius 1 is 1.33 bits per heavy atom. The van der Waals surface area contributed by atoms with Gasteiger partial charge in [-0.05, 0) is 30.3 Å². The fraction of sp³-hybridized carbons (Fsp3) is 0.143. The van der Waals surface area contributed by atoms with Crippen molar-refractivity contribution >= 4 is 23.5 Å². The lowest BCUT2D eigenvalue weighted by Crippen LogP contribution is -2.23. The number of carboxylic acid groups (broad SMARTS) is 1. The largest absolute Gasteiger partial charge is 0.496 e. The summed E-state index contributed by atoms with van der Waals surface area (Å²) in [5.74, 6) is -1.02. The molecule has 1 amide bonds. The number of nitrogens with one attached hydrogen (secondary N) is 1. The number of ether oxygens (including phenoxy) is 1. The van der Waals surface area contributed by atoms with Gasteiger partial charge < -0.3 is 19.6 Å². The molecule has 6 nitrogen and oxygen atoms in total. The number of aromatic carboxylic acids is 1. The van der Waals surface area contributed by atoms with Gasteiger partial charge in [0.2, 0.25) is 5.76 Å². The first-order valence-electron chi connectivity index (χ1n) is 5.95. The Bertz CT molecular complexity index is 680. The molecule has 1 heterocycles. The topological polar surface area (TPSA) is 88.8 Å². The minimum absolute atomic E-state index is 0.0573. The number of benzene rings is 1. The van der Waals surface area contributed by atoms with Gasteiger partial charge in [0.25, 0.3) is 5.91 Å². The molecule has 0 fully saturated rings. The lowest BCUT2D eigenvalue weighted by atomic mass is 10.2. The molecule has 0 aliphatic heterocycles. The number of hydrogen-bond acceptors (Lipinski definition) is 4. The maximum Gasteiger partial charge on any atom is 0.371 e. The van der Waals surface area contributed by atoms with Crippen LogP contribution in [0.3, 0.4) is 0 Å². The summed E-state index contributed by atoms with van der Waals surface area (Å²) in [7, 11) is 1.45. The summed E-state index contributed by atoms with van der Waals surface area (Å²) < 4.78 is 10.1. The van der Waals surface area contributed by atoms with Crippen molar-refractivity contribution in [2.45, 2.75) is 6.54 Å². The van der Waals surface area contributed by atoms with Crippen LogP contribution in [0.4, 0.5) is 0 Å². The molecule has 0 aliphatic rings. The maximum atomic E-state index is 12.1. The van der Waals surface area contributed by atoms with E-state index in [2.05, 4.69) is 5.32 Å². The third kappa shape index (κ3) is 3.55. The normalized spacial score (nSPS) is 10.2. The molecule has 7 heteroatoms. The van der Waals surface area contributed by atoms with Gasteiger partial charge in [-0.2, -0.15) is 0 Å². The Hall–Kier alpha value is -2.47. The standard InChI is InChI=1S/C14H12ClNO5/c1-20-11-4-2-8(15)6-10(11)13(17)16-7-9-3-5-12(21-9)14(18)19/h2-6H,7H2,1H3,(H,16,17)(H,18,19). The summed E-state index contributed by atoms with van der Waals surface area (Å²) in [6.45, 7) is 0.0573. The van der Waals surface area contributed by atoms with Crippen LogP contribution in [0.5, 0.6) is 5.75 Å². The second-order valence-corrected chi connectivity index (χ2v) is 4.53. The number of carbonyl (C=O) groups excluding carboxylic acids is 1. The molecular formula is C14H12ClNO5. The highest BCUT2D eigenvalue weighted by Crippen LogP contribution is 2.22. The third-order valence-corrected chi connectivity index (χ3v) is 2.94. The molecule has 0 spiro atoms. The van der Waals surface area contributed by atoms with E-state index < -0.39 is 11.9 Å². The number of methoxy groups -OCH3 is 1. The van der Waals surface area contributed by atoms with E-state index in [0.717, 1.165) is 0 Å². The van der Waals surface area contributed by atoms with Crippen LogP contribution in [0.25, 0.3) is 0 Å². The minimum atomic E-state index is -1.16. The van der Waals surface area contributed by atoms with Crippen LogP contribution in [0.2, 0.25) is 5.02 Å². The zero-order chi connectivity index (χ0) is 15.4. The molecule has 110 valence electrons. The summed E-state index contributed by atoms with van der Waals surface area (Å²) in [5, 5.41) is 11.8. The van der Waals surface area contributed by atoms with Crippen LogP contribution in [-0.4, -0.2) is 24.1 Å². The molecule has 0 aliphatic carbocycles. The predicted molar refractivity (Wildman–Crippen MR) is 74.8 cm³/mol. The Labute approximate surface area is 125 Å². The van der Waals surface area contributed by atoms with Crippen molar-refractivity contribution in [3.05, 3.63) is 52.4 Å². The monoisotopic (exact) mass is 309 g/mol. The van der Waals surface area contributed by atoms with Crippen LogP contribution in [0.15, 0.2) is 34.7 Å². The van der Waals surface area contributed by atoms with Gasteiger partial charge in [0, 0.05) is 5.02 Å². The summed E-state index contributed by atoms with van der Waals surface area (Å²) in [6, 6.07) is 7.50. The lowest BCUT2D eigenvalue weighted by molar-refractivity contribution is 0.0660. The van der Waals surface area contributed by atoms with Crippen LogP contribution in [0.1, 0.15) is 26.7 Å². The van der Waals surface area contributed by atoms with E-state index in [-0.39, 0.29) is 17.9 Å². The van der Waals surface area contributed by atoms with Crippen LogP contribution in [0, 0.1) is 0 Å². The highest BCUT2D eigenvalue weighted by Gasteiger charge is 2.14. The average Bonchev–Trinajstić information content (AvgIpc) is 2.94. The second kappa shape index (κ2) is 6.32. The van der Waals surface area contributed by atoms with Gasteiger partial charge in [0.15, 0.2) is 0 Å². The van der Waals surface area contributed by atoms with Crippen LogP contribution >= 0.6 is 11.6 Å². The molecule has 1 aromatic carbocycles. The molecule has 2 rings (SSSR count). The van der Waals surface area contributed by atoms with Gasteiger partial charge >= 0.3 is 5.97 Å². The Balaban J connectivity index is 2.07. The van der Waals surface area contributed by atoms with Gasteiger partial charge in [-0.3, -0.25) is 4.79 Å².